The number of rotatable bonds is 7. The molecule has 192 valence electrons. The van der Waals surface area contributed by atoms with Crippen LogP contribution < -0.4 is 15.4 Å². The summed E-state index contributed by atoms with van der Waals surface area (Å²) in [7, 11) is 6.20. The van der Waals surface area contributed by atoms with Gasteiger partial charge in [-0.1, -0.05) is 12.1 Å². The quantitative estimate of drug-likeness (QED) is 0.437. The summed E-state index contributed by atoms with van der Waals surface area (Å²) in [5.74, 6) is -8.60. The molecule has 1 fully saturated rings. The highest BCUT2D eigenvalue weighted by molar-refractivity contribution is 6.32. The number of ether oxygens (including phenoxy) is 1. The number of alkyl halides is 2. The fourth-order valence-corrected chi connectivity index (χ4v) is 4.30. The summed E-state index contributed by atoms with van der Waals surface area (Å²) >= 11 is 0. The van der Waals surface area contributed by atoms with Gasteiger partial charge in [0.25, 0.3) is 11.8 Å². The van der Waals surface area contributed by atoms with E-state index in [1.807, 2.05) is 0 Å². The molecule has 2 radical (unpaired) electrons. The van der Waals surface area contributed by atoms with Crippen molar-refractivity contribution < 1.29 is 37.1 Å². The Labute approximate surface area is 211 Å². The average molecular weight is 513 g/mol. The summed E-state index contributed by atoms with van der Waals surface area (Å²) in [6, 6.07) is 6.91. The van der Waals surface area contributed by atoms with E-state index in [1.165, 1.54) is 17.0 Å². The van der Waals surface area contributed by atoms with Crippen LogP contribution >= 0.6 is 0 Å². The molecule has 2 heterocycles. The summed E-state index contributed by atoms with van der Waals surface area (Å²) in [6.07, 6.45) is -0.589. The highest BCUT2D eigenvalue weighted by Gasteiger charge is 2.48. The number of nitrogens with zero attached hydrogens (tertiary/aromatic N) is 1. The Morgan fingerprint density at radius 1 is 1.22 bits per heavy atom. The van der Waals surface area contributed by atoms with Gasteiger partial charge in [-0.25, -0.2) is 4.39 Å². The molecule has 8 nitrogen and oxygen atoms in total. The Morgan fingerprint density at radius 2 is 1.95 bits per heavy atom. The number of carbonyl (C=O) groups is 4. The molecule has 0 aromatic heterocycles. The first-order valence-corrected chi connectivity index (χ1v) is 11.5. The van der Waals surface area contributed by atoms with Crippen molar-refractivity contribution >= 4 is 31.5 Å². The van der Waals surface area contributed by atoms with Gasteiger partial charge in [-0.3, -0.25) is 24.5 Å². The number of amides is 4. The number of carbonyl (C=O) groups excluding carboxylic acids is 4. The first-order valence-electron chi connectivity index (χ1n) is 11.5. The maximum absolute atomic E-state index is 15.0. The smallest absolute Gasteiger partial charge is 0.353 e. The molecule has 37 heavy (non-hydrogen) atoms. The van der Waals surface area contributed by atoms with Gasteiger partial charge in [0.1, 0.15) is 19.4 Å². The van der Waals surface area contributed by atoms with Crippen LogP contribution in [0.15, 0.2) is 36.4 Å². The molecule has 0 bridgehead atoms. The van der Waals surface area contributed by atoms with Crippen LogP contribution in [0.4, 0.5) is 13.2 Å². The lowest BCUT2D eigenvalue weighted by Gasteiger charge is -2.40. The number of benzene rings is 2. The van der Waals surface area contributed by atoms with Crippen molar-refractivity contribution in [3.8, 4) is 5.75 Å². The predicted molar refractivity (Wildman–Crippen MR) is 125 cm³/mol. The maximum Gasteiger partial charge on any atom is 0.353 e. The molecule has 2 aromatic carbocycles. The van der Waals surface area contributed by atoms with Crippen LogP contribution in [0.2, 0.25) is 0 Å². The Balaban J connectivity index is 1.48. The van der Waals surface area contributed by atoms with Crippen LogP contribution in [0, 0.1) is 5.82 Å². The molecule has 2 aliphatic heterocycles. The summed E-state index contributed by atoms with van der Waals surface area (Å²) in [6.45, 7) is 2.84. The van der Waals surface area contributed by atoms with E-state index in [0.717, 1.165) is 18.2 Å². The van der Waals surface area contributed by atoms with E-state index >= 15 is 0 Å². The van der Waals surface area contributed by atoms with E-state index in [0.29, 0.717) is 11.1 Å². The van der Waals surface area contributed by atoms with E-state index in [1.54, 1.807) is 19.9 Å². The van der Waals surface area contributed by atoms with Gasteiger partial charge in [0.2, 0.25) is 11.8 Å². The van der Waals surface area contributed by atoms with Gasteiger partial charge in [-0.05, 0) is 49.6 Å². The molecule has 4 amide bonds. The van der Waals surface area contributed by atoms with Crippen LogP contribution in [0.25, 0.3) is 0 Å². The minimum atomic E-state index is -4.01. The maximum atomic E-state index is 15.0. The summed E-state index contributed by atoms with van der Waals surface area (Å²) < 4.78 is 48.9. The highest BCUT2D eigenvalue weighted by Crippen LogP contribution is 2.37. The van der Waals surface area contributed by atoms with Gasteiger partial charge in [0.05, 0.1) is 17.1 Å². The zero-order valence-electron chi connectivity index (χ0n) is 20.1. The molecule has 0 saturated carbocycles. The molecule has 4 rings (SSSR count). The molecule has 12 heteroatoms. The average Bonchev–Trinajstić information content (AvgIpc) is 3.16. The zero-order chi connectivity index (χ0) is 27.1. The predicted octanol–water partition coefficient (Wildman–Crippen LogP) is 2.28. The number of halogens is 3. The second kappa shape index (κ2) is 9.57. The lowest BCUT2D eigenvalue weighted by Crippen LogP contribution is -2.63. The largest absolute Gasteiger partial charge is 0.490 e. The summed E-state index contributed by atoms with van der Waals surface area (Å²) in [4.78, 5) is 50.4. The van der Waals surface area contributed by atoms with E-state index in [2.05, 4.69) is 10.6 Å². The first-order chi connectivity index (χ1) is 17.3. The number of imide groups is 1. The molecule has 1 atom stereocenters. The highest BCUT2D eigenvalue weighted by atomic mass is 19.3. The van der Waals surface area contributed by atoms with Gasteiger partial charge in [0.15, 0.2) is 0 Å². The Kier molecular flexibility index (Phi) is 6.78. The third kappa shape index (κ3) is 4.92. The Bertz CT molecular complexity index is 1300. The van der Waals surface area contributed by atoms with Gasteiger partial charge in [-0.2, -0.15) is 8.78 Å². The van der Waals surface area contributed by atoms with E-state index in [9.17, 15) is 32.3 Å². The second-order valence-corrected chi connectivity index (χ2v) is 9.25. The molecule has 1 saturated heterocycles. The van der Waals surface area contributed by atoms with Crippen LogP contribution in [0.3, 0.4) is 0 Å². The lowest BCUT2D eigenvalue weighted by atomic mass is 9.70. The van der Waals surface area contributed by atoms with Gasteiger partial charge in [-0.15, -0.1) is 0 Å². The van der Waals surface area contributed by atoms with Gasteiger partial charge in [0, 0.05) is 31.1 Å². The third-order valence-corrected chi connectivity index (χ3v) is 6.22. The normalized spacial score (nSPS) is 19.6. The van der Waals surface area contributed by atoms with E-state index in [4.69, 9.17) is 12.6 Å². The fourth-order valence-electron chi connectivity index (χ4n) is 4.30. The molecule has 2 aliphatic rings. The summed E-state index contributed by atoms with van der Waals surface area (Å²) in [5.41, 5.74) is -1.29. The van der Waals surface area contributed by atoms with Crippen molar-refractivity contribution in [3.05, 3.63) is 64.5 Å². The van der Waals surface area contributed by atoms with Crippen LogP contribution in [0.1, 0.15) is 53.7 Å². The number of piperidine rings is 1. The van der Waals surface area contributed by atoms with Crippen LogP contribution in [-0.4, -0.2) is 47.9 Å². The fraction of sp³-hybridized carbons (Fsp3) is 0.360. The summed E-state index contributed by atoms with van der Waals surface area (Å²) in [5, 5.41) is 4.30. The van der Waals surface area contributed by atoms with Crippen molar-refractivity contribution in [1.82, 2.24) is 15.5 Å². The standard InChI is InChI=1S/C25H23BF3N3O5/c1-13(2)37-19-10-16(27)4-6-18(19)25(28,29)23(36)30-11-14-3-5-17-15(9-14)12-32(21(17)34)24(26)8-7-20(33)31-22(24)35/h3-6,9-10,13H,7-8,11-12H2,1-2H3,(H,30,36)(H,31,33,35)/t24-/m0/s1. The number of fused-ring (bicyclic) bond motifs is 1. The lowest BCUT2D eigenvalue weighted by molar-refractivity contribution is -0.147. The molecule has 0 aliphatic carbocycles. The second-order valence-electron chi connectivity index (χ2n) is 9.25. The molecule has 2 N–H and O–H groups in total. The number of hydrogen-bond donors (Lipinski definition) is 2. The third-order valence-electron chi connectivity index (χ3n) is 6.22. The van der Waals surface area contributed by atoms with E-state index < -0.39 is 58.2 Å². The molecular formula is C25H23BF3N3O5. The topological polar surface area (TPSA) is 105 Å². The van der Waals surface area contributed by atoms with Crippen molar-refractivity contribution in [2.75, 3.05) is 0 Å². The monoisotopic (exact) mass is 513 g/mol. The minimum absolute atomic E-state index is 0.0220. The first kappa shape index (κ1) is 26.2. The molecule has 0 unspecified atom stereocenters. The Hall–Kier alpha value is -3.83. The Morgan fingerprint density at radius 3 is 2.62 bits per heavy atom. The van der Waals surface area contributed by atoms with Crippen LogP contribution in [0.5, 0.6) is 5.75 Å². The van der Waals surface area contributed by atoms with Gasteiger partial charge >= 0.3 is 5.92 Å². The molecular weight excluding hydrogens is 490 g/mol. The van der Waals surface area contributed by atoms with Crippen molar-refractivity contribution in [3.63, 3.8) is 0 Å². The molecule has 2 aromatic rings. The zero-order valence-corrected chi connectivity index (χ0v) is 20.1. The van der Waals surface area contributed by atoms with Crippen molar-refractivity contribution in [2.45, 2.75) is 57.2 Å². The van der Waals surface area contributed by atoms with Crippen molar-refractivity contribution in [2.24, 2.45) is 0 Å². The molecule has 0 spiro atoms. The minimum Gasteiger partial charge on any atom is -0.490 e. The van der Waals surface area contributed by atoms with Crippen LogP contribution in [-0.2, 0) is 33.4 Å². The van der Waals surface area contributed by atoms with Crippen molar-refractivity contribution in [1.29, 1.82) is 0 Å². The van der Waals surface area contributed by atoms with Gasteiger partial charge < -0.3 is 15.0 Å². The number of nitrogens with one attached hydrogen (secondary N) is 2. The van der Waals surface area contributed by atoms with E-state index in [-0.39, 0.29) is 31.5 Å². The SMILES string of the molecule is [B][C@]1(N2Cc3cc(CNC(=O)C(F)(F)c4ccc(F)cc4OC(C)C)ccc3C2=O)CCC(=O)NC1=O. The number of hydrogen-bond acceptors (Lipinski definition) is 5.